The van der Waals surface area contributed by atoms with Gasteiger partial charge in [0.2, 0.25) is 0 Å². The van der Waals surface area contributed by atoms with Crippen molar-refractivity contribution < 1.29 is 33.4 Å². The summed E-state index contributed by atoms with van der Waals surface area (Å²) in [5.74, 6) is 1.09. The van der Waals surface area contributed by atoms with E-state index in [2.05, 4.69) is 10.5 Å². The molecule has 1 saturated heterocycles. The minimum atomic E-state index is -0.314. The number of ether oxygens (including phenoxy) is 4. The number of benzene rings is 2. The van der Waals surface area contributed by atoms with Crippen LogP contribution in [0.4, 0.5) is 5.69 Å². The zero-order valence-corrected chi connectivity index (χ0v) is 18.6. The molecule has 176 valence electrons. The Bertz CT molecular complexity index is 957. The van der Waals surface area contributed by atoms with Crippen molar-refractivity contribution in [3.8, 4) is 17.2 Å². The van der Waals surface area contributed by atoms with Crippen molar-refractivity contribution in [2.45, 2.75) is 0 Å². The number of hydrogen-bond acceptors (Lipinski definition) is 8. The number of amides is 2. The fraction of sp³-hybridized carbons (Fsp3) is 0.348. The Hall–Kier alpha value is -3.79. The van der Waals surface area contributed by atoms with E-state index in [1.54, 1.807) is 54.5 Å². The summed E-state index contributed by atoms with van der Waals surface area (Å²) in [7, 11) is 3.07. The molecule has 10 heteroatoms. The van der Waals surface area contributed by atoms with Gasteiger partial charge in [0.15, 0.2) is 24.7 Å². The first kappa shape index (κ1) is 23.9. The lowest BCUT2D eigenvalue weighted by molar-refractivity contribution is -0.140. The molecule has 2 aromatic carbocycles. The standard InChI is InChI=1S/C23H27N3O7/c1-29-19-6-4-18(5-7-19)25-22(27)15-32-20-8-3-17(13-21(20)30-2)14-24-33-16-23(28)26-9-11-31-12-10-26/h3-8,13-14H,9-12,15-16H2,1-2H3,(H,25,27)/b24-14+. The first-order valence-corrected chi connectivity index (χ1v) is 10.3. The van der Waals surface area contributed by atoms with E-state index in [0.717, 1.165) is 0 Å². The predicted octanol–water partition coefficient (Wildman–Crippen LogP) is 1.93. The highest BCUT2D eigenvalue weighted by molar-refractivity contribution is 5.92. The van der Waals surface area contributed by atoms with Gasteiger partial charge in [0.05, 0.1) is 33.6 Å². The molecule has 1 N–H and O–H groups in total. The summed E-state index contributed by atoms with van der Waals surface area (Å²) in [5.41, 5.74) is 1.32. The number of oxime groups is 1. The summed E-state index contributed by atoms with van der Waals surface area (Å²) < 4.78 is 21.2. The highest BCUT2D eigenvalue weighted by Crippen LogP contribution is 2.27. The van der Waals surface area contributed by atoms with Gasteiger partial charge in [0.25, 0.3) is 11.8 Å². The Kier molecular flexibility index (Phi) is 8.89. The summed E-state index contributed by atoms with van der Waals surface area (Å²) >= 11 is 0. The molecular weight excluding hydrogens is 430 g/mol. The molecule has 0 aliphatic carbocycles. The van der Waals surface area contributed by atoms with E-state index in [9.17, 15) is 9.59 Å². The first-order valence-electron chi connectivity index (χ1n) is 10.3. The molecule has 33 heavy (non-hydrogen) atoms. The fourth-order valence-corrected chi connectivity index (χ4v) is 2.99. The number of carbonyl (C=O) groups excluding carboxylic acids is 2. The minimum absolute atomic E-state index is 0.135. The van der Waals surface area contributed by atoms with Gasteiger partial charge in [-0.2, -0.15) is 0 Å². The second-order valence-corrected chi connectivity index (χ2v) is 6.98. The lowest BCUT2D eigenvalue weighted by Crippen LogP contribution is -2.42. The highest BCUT2D eigenvalue weighted by atomic mass is 16.6. The maximum absolute atomic E-state index is 12.2. The van der Waals surface area contributed by atoms with Gasteiger partial charge in [-0.25, -0.2) is 0 Å². The minimum Gasteiger partial charge on any atom is -0.497 e. The Morgan fingerprint density at radius 3 is 2.48 bits per heavy atom. The van der Waals surface area contributed by atoms with Gasteiger partial charge in [-0.05, 0) is 42.5 Å². The number of rotatable bonds is 10. The molecule has 3 rings (SSSR count). The van der Waals surface area contributed by atoms with Gasteiger partial charge >= 0.3 is 0 Å². The van der Waals surface area contributed by atoms with Gasteiger partial charge in [0, 0.05) is 24.3 Å². The van der Waals surface area contributed by atoms with Crippen LogP contribution in [0.2, 0.25) is 0 Å². The van der Waals surface area contributed by atoms with Crippen LogP contribution < -0.4 is 19.5 Å². The zero-order valence-electron chi connectivity index (χ0n) is 18.6. The van der Waals surface area contributed by atoms with Crippen molar-refractivity contribution in [1.29, 1.82) is 0 Å². The zero-order chi connectivity index (χ0) is 23.5. The van der Waals surface area contributed by atoms with E-state index in [0.29, 0.717) is 54.8 Å². The topological polar surface area (TPSA) is 108 Å². The van der Waals surface area contributed by atoms with Crippen LogP contribution in [0.3, 0.4) is 0 Å². The molecule has 2 aromatic rings. The predicted molar refractivity (Wildman–Crippen MR) is 121 cm³/mol. The summed E-state index contributed by atoms with van der Waals surface area (Å²) in [6.45, 7) is 1.85. The molecular formula is C23H27N3O7. The number of hydrogen-bond donors (Lipinski definition) is 1. The Morgan fingerprint density at radius 1 is 1.03 bits per heavy atom. The van der Waals surface area contributed by atoms with Gasteiger partial charge in [-0.3, -0.25) is 9.59 Å². The molecule has 2 amide bonds. The van der Waals surface area contributed by atoms with E-state index >= 15 is 0 Å². The van der Waals surface area contributed by atoms with Crippen molar-refractivity contribution in [3.63, 3.8) is 0 Å². The number of anilines is 1. The van der Waals surface area contributed by atoms with Crippen LogP contribution >= 0.6 is 0 Å². The van der Waals surface area contributed by atoms with Gasteiger partial charge < -0.3 is 34.0 Å². The quantitative estimate of drug-likeness (QED) is 0.429. The van der Waals surface area contributed by atoms with Crippen molar-refractivity contribution >= 4 is 23.7 Å². The van der Waals surface area contributed by atoms with E-state index in [-0.39, 0.29) is 25.0 Å². The Labute approximate surface area is 192 Å². The molecule has 0 atom stereocenters. The molecule has 1 heterocycles. The van der Waals surface area contributed by atoms with Crippen LogP contribution in [-0.2, 0) is 19.2 Å². The Morgan fingerprint density at radius 2 is 1.79 bits per heavy atom. The van der Waals surface area contributed by atoms with Crippen LogP contribution in [0.25, 0.3) is 0 Å². The number of methoxy groups -OCH3 is 2. The lowest BCUT2D eigenvalue weighted by Gasteiger charge is -2.26. The van der Waals surface area contributed by atoms with Crippen molar-refractivity contribution in [1.82, 2.24) is 4.90 Å². The fourth-order valence-electron chi connectivity index (χ4n) is 2.99. The van der Waals surface area contributed by atoms with Crippen LogP contribution in [0.15, 0.2) is 47.6 Å². The number of nitrogens with zero attached hydrogens (tertiary/aromatic N) is 2. The second kappa shape index (κ2) is 12.3. The van der Waals surface area contributed by atoms with E-state index in [1.807, 2.05) is 0 Å². The van der Waals surface area contributed by atoms with Crippen LogP contribution in [0.1, 0.15) is 5.56 Å². The van der Waals surface area contributed by atoms with E-state index < -0.39 is 0 Å². The average Bonchev–Trinajstić information content (AvgIpc) is 2.86. The van der Waals surface area contributed by atoms with Crippen LogP contribution in [-0.4, -0.2) is 76.7 Å². The monoisotopic (exact) mass is 457 g/mol. The maximum Gasteiger partial charge on any atom is 0.263 e. The second-order valence-electron chi connectivity index (χ2n) is 6.98. The molecule has 0 unspecified atom stereocenters. The maximum atomic E-state index is 12.2. The molecule has 1 aliphatic rings. The molecule has 0 radical (unpaired) electrons. The number of nitrogens with one attached hydrogen (secondary N) is 1. The number of morpholine rings is 1. The third kappa shape index (κ3) is 7.39. The molecule has 1 fully saturated rings. The van der Waals surface area contributed by atoms with Crippen LogP contribution in [0, 0.1) is 0 Å². The SMILES string of the molecule is COc1ccc(NC(=O)COc2ccc(/C=N/OCC(=O)N3CCOCC3)cc2OC)cc1. The Balaban J connectivity index is 1.47. The number of carbonyl (C=O) groups is 2. The average molecular weight is 457 g/mol. The summed E-state index contributed by atoms with van der Waals surface area (Å²) in [5, 5.41) is 6.59. The molecule has 0 aromatic heterocycles. The van der Waals surface area contributed by atoms with Crippen molar-refractivity contribution in [2.24, 2.45) is 5.16 Å². The third-order valence-corrected chi connectivity index (χ3v) is 4.75. The smallest absolute Gasteiger partial charge is 0.263 e. The van der Waals surface area contributed by atoms with Gasteiger partial charge in [-0.15, -0.1) is 0 Å². The van der Waals surface area contributed by atoms with Crippen LogP contribution in [0.5, 0.6) is 17.2 Å². The molecule has 0 saturated carbocycles. The van der Waals surface area contributed by atoms with Gasteiger partial charge in [0.1, 0.15) is 5.75 Å². The van der Waals surface area contributed by atoms with E-state index in [4.69, 9.17) is 23.8 Å². The van der Waals surface area contributed by atoms with E-state index in [1.165, 1.54) is 13.3 Å². The normalized spacial score (nSPS) is 13.5. The lowest BCUT2D eigenvalue weighted by atomic mass is 10.2. The summed E-state index contributed by atoms with van der Waals surface area (Å²) in [6.07, 6.45) is 1.47. The van der Waals surface area contributed by atoms with Crippen molar-refractivity contribution in [3.05, 3.63) is 48.0 Å². The van der Waals surface area contributed by atoms with Gasteiger partial charge in [-0.1, -0.05) is 5.16 Å². The molecule has 10 nitrogen and oxygen atoms in total. The summed E-state index contributed by atoms with van der Waals surface area (Å²) in [4.78, 5) is 31.0. The molecule has 0 spiro atoms. The summed E-state index contributed by atoms with van der Waals surface area (Å²) in [6, 6.07) is 12.1. The van der Waals surface area contributed by atoms with Crippen molar-refractivity contribution in [2.75, 3.05) is 59.1 Å². The third-order valence-electron chi connectivity index (χ3n) is 4.75. The highest BCUT2D eigenvalue weighted by Gasteiger charge is 2.17. The molecule has 1 aliphatic heterocycles. The first-order chi connectivity index (χ1) is 16.1. The molecule has 0 bridgehead atoms. The largest absolute Gasteiger partial charge is 0.497 e.